The molecule has 0 atom stereocenters. The van der Waals surface area contributed by atoms with Gasteiger partial charge in [-0.2, -0.15) is 9.97 Å². The number of imidazole rings is 1. The van der Waals surface area contributed by atoms with Crippen molar-refractivity contribution in [1.82, 2.24) is 19.5 Å². The van der Waals surface area contributed by atoms with Gasteiger partial charge in [0.2, 0.25) is 17.7 Å². The molecule has 2 aromatic heterocycles. The van der Waals surface area contributed by atoms with Crippen molar-refractivity contribution in [2.45, 2.75) is 6.92 Å². The lowest BCUT2D eigenvalue weighted by Crippen LogP contribution is -2.11. The van der Waals surface area contributed by atoms with Crippen LogP contribution in [0, 0.1) is 0 Å². The molecule has 2 N–H and O–H groups in total. The minimum absolute atomic E-state index is 0.00207. The minimum atomic E-state index is -0.608. The van der Waals surface area contributed by atoms with Crippen molar-refractivity contribution in [3.05, 3.63) is 18.1 Å². The maximum absolute atomic E-state index is 11.7. The summed E-state index contributed by atoms with van der Waals surface area (Å²) < 4.78 is 16.3. The third kappa shape index (κ3) is 2.86. The first-order chi connectivity index (χ1) is 10.1. The molecule has 21 heavy (non-hydrogen) atoms. The third-order valence-corrected chi connectivity index (χ3v) is 2.57. The Labute approximate surface area is 120 Å². The fourth-order valence-electron chi connectivity index (χ4n) is 1.58. The van der Waals surface area contributed by atoms with Gasteiger partial charge in [0.05, 0.1) is 26.9 Å². The van der Waals surface area contributed by atoms with Crippen LogP contribution >= 0.6 is 0 Å². The number of carbonyl (C=O) groups is 1. The Bertz CT molecular complexity index is 633. The summed E-state index contributed by atoms with van der Waals surface area (Å²) in [6.07, 6.45) is 1.33. The fourth-order valence-corrected chi connectivity index (χ4v) is 1.58. The summed E-state index contributed by atoms with van der Waals surface area (Å²) in [5.74, 6) is 0.226. The first-order valence-electron chi connectivity index (χ1n) is 6.08. The van der Waals surface area contributed by atoms with Crippen LogP contribution in [0.1, 0.15) is 17.4 Å². The van der Waals surface area contributed by atoms with Gasteiger partial charge < -0.3 is 19.9 Å². The summed E-state index contributed by atoms with van der Waals surface area (Å²) in [4.78, 5) is 23.9. The second-order valence-corrected chi connectivity index (χ2v) is 3.82. The smallest absolute Gasteiger partial charge is 0.360 e. The average molecular weight is 293 g/mol. The highest BCUT2D eigenvalue weighted by molar-refractivity contribution is 5.92. The summed E-state index contributed by atoms with van der Waals surface area (Å²) in [7, 11) is 2.93. The van der Waals surface area contributed by atoms with E-state index in [0.717, 1.165) is 0 Å². The summed E-state index contributed by atoms with van der Waals surface area (Å²) in [6.45, 7) is 1.93. The van der Waals surface area contributed by atoms with E-state index in [9.17, 15) is 4.79 Å². The van der Waals surface area contributed by atoms with Crippen molar-refractivity contribution in [3.63, 3.8) is 0 Å². The van der Waals surface area contributed by atoms with Crippen LogP contribution in [0.25, 0.3) is 5.95 Å². The molecule has 0 aliphatic carbocycles. The molecule has 0 spiro atoms. The molecule has 9 nitrogen and oxygen atoms in total. The van der Waals surface area contributed by atoms with E-state index in [1.165, 1.54) is 31.2 Å². The molecule has 0 radical (unpaired) electrons. The van der Waals surface area contributed by atoms with Gasteiger partial charge in [0.15, 0.2) is 5.69 Å². The van der Waals surface area contributed by atoms with E-state index in [0.29, 0.717) is 11.8 Å². The summed E-state index contributed by atoms with van der Waals surface area (Å²) in [5.41, 5.74) is 5.89. The third-order valence-electron chi connectivity index (χ3n) is 2.57. The highest BCUT2D eigenvalue weighted by atomic mass is 16.5. The molecule has 0 saturated heterocycles. The van der Waals surface area contributed by atoms with Gasteiger partial charge in [0.1, 0.15) is 12.1 Å². The number of anilines is 1. The minimum Gasteiger partial charge on any atom is -0.481 e. The van der Waals surface area contributed by atoms with Crippen LogP contribution in [-0.4, -0.2) is 46.3 Å². The molecule has 0 fully saturated rings. The van der Waals surface area contributed by atoms with E-state index >= 15 is 0 Å². The van der Waals surface area contributed by atoms with Crippen molar-refractivity contribution in [1.29, 1.82) is 0 Å². The first kappa shape index (κ1) is 14.6. The zero-order valence-electron chi connectivity index (χ0n) is 11.9. The first-order valence-corrected chi connectivity index (χ1v) is 6.08. The molecule has 0 aromatic carbocycles. The molecule has 9 heteroatoms. The molecular formula is C12H15N5O4. The molecule has 0 saturated carbocycles. The van der Waals surface area contributed by atoms with E-state index in [2.05, 4.69) is 15.0 Å². The fraction of sp³-hybridized carbons (Fsp3) is 0.333. The van der Waals surface area contributed by atoms with Gasteiger partial charge in [0.25, 0.3) is 0 Å². The molecule has 0 aliphatic heterocycles. The molecule has 2 aromatic rings. The Morgan fingerprint density at radius 3 is 2.43 bits per heavy atom. The monoisotopic (exact) mass is 293 g/mol. The van der Waals surface area contributed by atoms with Crippen LogP contribution in [0.5, 0.6) is 11.8 Å². The van der Waals surface area contributed by atoms with Crippen molar-refractivity contribution in [2.24, 2.45) is 0 Å². The number of hydrogen-bond donors (Lipinski definition) is 1. The second-order valence-electron chi connectivity index (χ2n) is 3.82. The summed E-state index contributed by atoms with van der Waals surface area (Å²) in [6, 6.07) is 1.52. The molecular weight excluding hydrogens is 278 g/mol. The zero-order chi connectivity index (χ0) is 15.4. The molecule has 2 heterocycles. The number of rotatable bonds is 5. The Morgan fingerprint density at radius 1 is 1.29 bits per heavy atom. The molecule has 0 unspecified atom stereocenters. The number of methoxy groups -OCH3 is 2. The molecule has 112 valence electrons. The SMILES string of the molecule is CCOC(=O)c1ncn(-c2nc(OC)cc(OC)n2)c1N. The highest BCUT2D eigenvalue weighted by Crippen LogP contribution is 2.20. The van der Waals surface area contributed by atoms with E-state index < -0.39 is 5.97 Å². The molecule has 0 aliphatic rings. The van der Waals surface area contributed by atoms with E-state index in [1.54, 1.807) is 6.92 Å². The number of nitrogens with two attached hydrogens (primary N) is 1. The Balaban J connectivity index is 2.45. The van der Waals surface area contributed by atoms with Gasteiger partial charge in [-0.1, -0.05) is 0 Å². The van der Waals surface area contributed by atoms with Crippen molar-refractivity contribution in [3.8, 4) is 17.7 Å². The van der Waals surface area contributed by atoms with Gasteiger partial charge in [-0.05, 0) is 6.92 Å². The van der Waals surface area contributed by atoms with E-state index in [1.807, 2.05) is 0 Å². The van der Waals surface area contributed by atoms with Crippen molar-refractivity contribution >= 4 is 11.8 Å². The Kier molecular flexibility index (Phi) is 4.21. The van der Waals surface area contributed by atoms with Gasteiger partial charge >= 0.3 is 5.97 Å². The summed E-state index contributed by atoms with van der Waals surface area (Å²) >= 11 is 0. The molecule has 2 rings (SSSR count). The number of hydrogen-bond acceptors (Lipinski definition) is 8. The lowest BCUT2D eigenvalue weighted by Gasteiger charge is -2.08. The number of esters is 1. The zero-order valence-corrected chi connectivity index (χ0v) is 11.9. The normalized spacial score (nSPS) is 10.2. The second kappa shape index (κ2) is 6.07. The number of ether oxygens (including phenoxy) is 3. The standard InChI is InChI=1S/C12H15N5O4/c1-4-21-11(18)9-10(13)17(6-14-9)12-15-7(19-2)5-8(16-12)20-3/h5-6H,4,13H2,1-3H3. The topological polar surface area (TPSA) is 114 Å². The van der Waals surface area contributed by atoms with Crippen molar-refractivity contribution < 1.29 is 19.0 Å². The molecule has 0 amide bonds. The Morgan fingerprint density at radius 2 is 1.90 bits per heavy atom. The predicted octanol–water partition coefficient (Wildman–Crippen LogP) is 0.438. The maximum Gasteiger partial charge on any atom is 0.360 e. The lowest BCUT2D eigenvalue weighted by atomic mass is 10.4. The maximum atomic E-state index is 11.7. The van der Waals surface area contributed by atoms with Gasteiger partial charge in [-0.25, -0.2) is 9.78 Å². The largest absolute Gasteiger partial charge is 0.481 e. The van der Waals surface area contributed by atoms with Crippen LogP contribution in [-0.2, 0) is 4.74 Å². The van der Waals surface area contributed by atoms with Crippen LogP contribution in [0.4, 0.5) is 5.82 Å². The van der Waals surface area contributed by atoms with Crippen LogP contribution in [0.15, 0.2) is 12.4 Å². The quantitative estimate of drug-likeness (QED) is 0.790. The number of aromatic nitrogens is 4. The number of carbonyl (C=O) groups excluding carboxylic acids is 1. The van der Waals surface area contributed by atoms with Crippen LogP contribution in [0.3, 0.4) is 0 Å². The lowest BCUT2D eigenvalue weighted by molar-refractivity contribution is 0.0521. The number of nitrogen functional groups attached to an aromatic ring is 1. The summed E-state index contributed by atoms with van der Waals surface area (Å²) in [5, 5.41) is 0. The molecule has 0 bridgehead atoms. The Hall–Kier alpha value is -2.84. The van der Waals surface area contributed by atoms with Gasteiger partial charge in [0, 0.05) is 0 Å². The van der Waals surface area contributed by atoms with Crippen LogP contribution < -0.4 is 15.2 Å². The van der Waals surface area contributed by atoms with Gasteiger partial charge in [-0.15, -0.1) is 0 Å². The average Bonchev–Trinajstić information content (AvgIpc) is 2.88. The number of nitrogens with zero attached hydrogens (tertiary/aromatic N) is 4. The van der Waals surface area contributed by atoms with Crippen molar-refractivity contribution in [2.75, 3.05) is 26.6 Å². The van der Waals surface area contributed by atoms with Gasteiger partial charge in [-0.3, -0.25) is 4.57 Å². The highest BCUT2D eigenvalue weighted by Gasteiger charge is 2.19. The van der Waals surface area contributed by atoms with E-state index in [-0.39, 0.29) is 24.1 Å². The van der Waals surface area contributed by atoms with E-state index in [4.69, 9.17) is 19.9 Å². The van der Waals surface area contributed by atoms with Crippen LogP contribution in [0.2, 0.25) is 0 Å². The predicted molar refractivity (Wildman–Crippen MR) is 72.6 cm³/mol.